The van der Waals surface area contributed by atoms with Crippen LogP contribution in [-0.2, 0) is 4.79 Å². The molecular formula is C6H11OSm-. The zero-order valence-electron chi connectivity index (χ0n) is 5.14. The van der Waals surface area contributed by atoms with Gasteiger partial charge in [-0.3, -0.25) is 6.29 Å². The fourth-order valence-corrected chi connectivity index (χ4v) is 0.447. The second-order valence-corrected chi connectivity index (χ2v) is 1.60. The first kappa shape index (κ1) is 11.8. The van der Waals surface area contributed by atoms with Gasteiger partial charge in [-0.2, -0.15) is 6.42 Å². The normalized spacial score (nSPS) is 7.62. The summed E-state index contributed by atoms with van der Waals surface area (Å²) in [6.45, 7) is 2.12. The van der Waals surface area contributed by atoms with Crippen LogP contribution in [0.25, 0.3) is 0 Å². The van der Waals surface area contributed by atoms with Crippen molar-refractivity contribution in [3.8, 4) is 0 Å². The Morgan fingerprint density at radius 2 is 2.00 bits per heavy atom. The van der Waals surface area contributed by atoms with Crippen LogP contribution in [0, 0.1) is 40.4 Å². The summed E-state index contributed by atoms with van der Waals surface area (Å²) in [4.78, 5) is 9.55. The molecule has 0 spiro atoms. The molecular weight excluding hydrogens is 238 g/mol. The van der Waals surface area contributed by atoms with Crippen LogP contribution in [0.5, 0.6) is 0 Å². The molecule has 0 aromatic carbocycles. The van der Waals surface area contributed by atoms with Crippen LogP contribution < -0.4 is 0 Å². The molecule has 48 valence electrons. The maximum atomic E-state index is 9.55. The van der Waals surface area contributed by atoms with Gasteiger partial charge >= 0.3 is 0 Å². The van der Waals surface area contributed by atoms with Crippen molar-refractivity contribution in [2.45, 2.75) is 32.6 Å². The third kappa shape index (κ3) is 10.1. The summed E-state index contributed by atoms with van der Waals surface area (Å²) in [7, 11) is 0. The van der Waals surface area contributed by atoms with Crippen molar-refractivity contribution in [1.82, 2.24) is 0 Å². The summed E-state index contributed by atoms with van der Waals surface area (Å²) in [5, 5.41) is 0. The van der Waals surface area contributed by atoms with Crippen LogP contribution in [0.15, 0.2) is 0 Å². The van der Waals surface area contributed by atoms with Crippen LogP contribution in [0.1, 0.15) is 32.6 Å². The molecule has 2 heteroatoms. The first-order valence-electron chi connectivity index (χ1n) is 2.76. The van der Waals surface area contributed by atoms with Crippen LogP contribution in [-0.4, -0.2) is 6.29 Å². The van der Waals surface area contributed by atoms with E-state index in [4.69, 9.17) is 0 Å². The monoisotopic (exact) mass is 251 g/mol. The van der Waals surface area contributed by atoms with Crippen molar-refractivity contribution in [2.24, 2.45) is 0 Å². The third-order valence-electron chi connectivity index (χ3n) is 0.882. The van der Waals surface area contributed by atoms with E-state index < -0.39 is 0 Å². The second-order valence-electron chi connectivity index (χ2n) is 1.60. The molecule has 0 N–H and O–H groups in total. The Morgan fingerprint density at radius 1 is 1.38 bits per heavy atom. The zero-order chi connectivity index (χ0) is 5.54. The van der Waals surface area contributed by atoms with Crippen LogP contribution >= 0.6 is 0 Å². The first-order chi connectivity index (χ1) is 3.41. The molecule has 0 heterocycles. The Hall–Kier alpha value is 1.01. The molecule has 0 atom stereocenters. The Balaban J connectivity index is 0. The van der Waals surface area contributed by atoms with E-state index >= 15 is 0 Å². The molecule has 0 saturated heterocycles. The first-order valence-corrected chi connectivity index (χ1v) is 2.76. The van der Waals surface area contributed by atoms with Gasteiger partial charge in [-0.05, 0) is 0 Å². The molecule has 0 radical (unpaired) electrons. The zero-order valence-corrected chi connectivity index (χ0v) is 7.76. The SMILES string of the molecule is CCCCC[C-]=O.[Sm]. The van der Waals surface area contributed by atoms with E-state index in [2.05, 4.69) is 6.92 Å². The molecule has 0 rings (SSSR count). The van der Waals surface area contributed by atoms with Crippen LogP contribution in [0.3, 0.4) is 0 Å². The van der Waals surface area contributed by atoms with E-state index in [1.807, 2.05) is 6.29 Å². The van der Waals surface area contributed by atoms with Gasteiger partial charge in [-0.25, -0.2) is 0 Å². The van der Waals surface area contributed by atoms with Gasteiger partial charge in [0.2, 0.25) is 0 Å². The summed E-state index contributed by atoms with van der Waals surface area (Å²) in [6.07, 6.45) is 5.83. The van der Waals surface area contributed by atoms with Crippen molar-refractivity contribution in [1.29, 1.82) is 0 Å². The minimum absolute atomic E-state index is 0. The molecule has 0 fully saturated rings. The molecule has 8 heavy (non-hydrogen) atoms. The van der Waals surface area contributed by atoms with Crippen LogP contribution in [0.4, 0.5) is 0 Å². The Kier molecular flexibility index (Phi) is 16.0. The second kappa shape index (κ2) is 10.9. The molecule has 0 unspecified atom stereocenters. The van der Waals surface area contributed by atoms with Gasteiger partial charge < -0.3 is 4.79 Å². The van der Waals surface area contributed by atoms with E-state index in [9.17, 15) is 4.79 Å². The van der Waals surface area contributed by atoms with Gasteiger partial charge in [0.1, 0.15) is 0 Å². The smallest absolute Gasteiger partial charge is 0 e. The fourth-order valence-electron chi connectivity index (χ4n) is 0.447. The van der Waals surface area contributed by atoms with Gasteiger partial charge in [0.15, 0.2) is 0 Å². The van der Waals surface area contributed by atoms with Crippen molar-refractivity contribution >= 4 is 6.29 Å². The predicted molar refractivity (Wildman–Crippen MR) is 29.8 cm³/mol. The quantitative estimate of drug-likeness (QED) is 0.547. The summed E-state index contributed by atoms with van der Waals surface area (Å²) in [5.41, 5.74) is 0. The van der Waals surface area contributed by atoms with Crippen LogP contribution in [0.2, 0.25) is 0 Å². The number of hydrogen-bond donors (Lipinski definition) is 0. The minimum atomic E-state index is 0. The summed E-state index contributed by atoms with van der Waals surface area (Å²) < 4.78 is 0. The Morgan fingerprint density at radius 3 is 2.38 bits per heavy atom. The van der Waals surface area contributed by atoms with Crippen molar-refractivity contribution < 1.29 is 45.2 Å². The maximum Gasteiger partial charge on any atom is 0 e. The molecule has 1 nitrogen and oxygen atoms in total. The van der Waals surface area contributed by atoms with E-state index in [1.54, 1.807) is 0 Å². The third-order valence-corrected chi connectivity index (χ3v) is 0.882. The average molecular weight is 250 g/mol. The van der Waals surface area contributed by atoms with Crippen molar-refractivity contribution in [3.05, 3.63) is 0 Å². The average Bonchev–Trinajstić information content (AvgIpc) is 1.69. The number of carbonyl (C=O) groups excluding carboxylic acids is 1. The largest absolute Gasteiger partial charge is 0.542 e. The predicted octanol–water partition coefficient (Wildman–Crippen LogP) is 1.68. The number of rotatable bonds is 4. The van der Waals surface area contributed by atoms with E-state index in [0.29, 0.717) is 6.42 Å². The molecule has 0 aliphatic heterocycles. The van der Waals surface area contributed by atoms with Gasteiger partial charge in [0, 0.05) is 40.4 Å². The summed E-state index contributed by atoms with van der Waals surface area (Å²) in [5.74, 6) is 0. The Bertz CT molecular complexity index is 45.8. The standard InChI is InChI=1S/C6H11O.Sm/c1-2-3-4-5-6-7;/h2-5H2,1H3;/q-1;. The molecule has 0 aliphatic carbocycles. The summed E-state index contributed by atoms with van der Waals surface area (Å²) >= 11 is 0. The van der Waals surface area contributed by atoms with E-state index in [1.165, 1.54) is 6.42 Å². The van der Waals surface area contributed by atoms with Crippen molar-refractivity contribution in [2.75, 3.05) is 0 Å². The minimum Gasteiger partial charge on any atom is -0.542 e. The van der Waals surface area contributed by atoms with Gasteiger partial charge in [-0.15, -0.1) is 0 Å². The van der Waals surface area contributed by atoms with Crippen molar-refractivity contribution in [3.63, 3.8) is 0 Å². The molecule has 0 aromatic heterocycles. The van der Waals surface area contributed by atoms with E-state index in [-0.39, 0.29) is 40.4 Å². The van der Waals surface area contributed by atoms with E-state index in [0.717, 1.165) is 12.8 Å². The summed E-state index contributed by atoms with van der Waals surface area (Å²) in [6, 6.07) is 0. The molecule has 0 amide bonds. The molecule has 0 aromatic rings. The van der Waals surface area contributed by atoms with Gasteiger partial charge in [0.25, 0.3) is 0 Å². The molecule has 0 saturated carbocycles. The fraction of sp³-hybridized carbons (Fsp3) is 0.833. The maximum absolute atomic E-state index is 9.55. The number of unbranched alkanes of at least 4 members (excludes halogenated alkanes) is 3. The Labute approximate surface area is 83.3 Å². The molecule has 0 bridgehead atoms. The van der Waals surface area contributed by atoms with Gasteiger partial charge in [0.05, 0.1) is 0 Å². The van der Waals surface area contributed by atoms with Gasteiger partial charge in [-0.1, -0.05) is 26.2 Å². The topological polar surface area (TPSA) is 17.1 Å². The number of hydrogen-bond acceptors (Lipinski definition) is 1. The molecule has 0 aliphatic rings.